The average molecular weight is 237 g/mol. The third kappa shape index (κ3) is 2.87. The SMILES string of the molecule is COc1cccc([N+](=O)[O-])c1C(=O)CC(C)=O. The molecule has 0 saturated carbocycles. The molecule has 0 spiro atoms. The summed E-state index contributed by atoms with van der Waals surface area (Å²) in [6, 6.07) is 4.07. The molecule has 0 N–H and O–H groups in total. The number of methoxy groups -OCH3 is 1. The molecular formula is C11H11NO5. The number of hydrogen-bond acceptors (Lipinski definition) is 5. The maximum atomic E-state index is 11.8. The average Bonchev–Trinajstić information content (AvgIpc) is 2.26. The van der Waals surface area contributed by atoms with Crippen molar-refractivity contribution in [2.24, 2.45) is 0 Å². The van der Waals surface area contributed by atoms with Crippen molar-refractivity contribution in [3.8, 4) is 5.75 Å². The quantitative estimate of drug-likeness (QED) is 0.337. The third-order valence-corrected chi connectivity index (χ3v) is 2.11. The molecular weight excluding hydrogens is 226 g/mol. The molecule has 0 fully saturated rings. The highest BCUT2D eigenvalue weighted by Crippen LogP contribution is 2.29. The van der Waals surface area contributed by atoms with Gasteiger partial charge in [0, 0.05) is 6.07 Å². The van der Waals surface area contributed by atoms with Crippen molar-refractivity contribution in [2.45, 2.75) is 13.3 Å². The fraction of sp³-hybridized carbons (Fsp3) is 0.273. The van der Waals surface area contributed by atoms with E-state index < -0.39 is 10.7 Å². The zero-order chi connectivity index (χ0) is 13.0. The first-order valence-electron chi connectivity index (χ1n) is 4.81. The number of hydrogen-bond donors (Lipinski definition) is 0. The first kappa shape index (κ1) is 12.8. The zero-order valence-corrected chi connectivity index (χ0v) is 9.43. The van der Waals surface area contributed by atoms with Crippen LogP contribution in [0.4, 0.5) is 5.69 Å². The maximum Gasteiger partial charge on any atom is 0.283 e. The Morgan fingerprint density at radius 3 is 2.53 bits per heavy atom. The Hall–Kier alpha value is -2.24. The highest BCUT2D eigenvalue weighted by molar-refractivity contribution is 6.11. The molecule has 0 aliphatic carbocycles. The van der Waals surface area contributed by atoms with E-state index in [1.54, 1.807) is 0 Å². The Morgan fingerprint density at radius 2 is 2.06 bits per heavy atom. The number of nitro benzene ring substituents is 1. The van der Waals surface area contributed by atoms with E-state index >= 15 is 0 Å². The van der Waals surface area contributed by atoms with Gasteiger partial charge in [-0.2, -0.15) is 0 Å². The minimum absolute atomic E-state index is 0.102. The number of Topliss-reactive ketones (excluding diaryl/α,β-unsaturated/α-hetero) is 2. The molecule has 1 aromatic carbocycles. The largest absolute Gasteiger partial charge is 0.496 e. The van der Waals surface area contributed by atoms with Crippen LogP contribution in [-0.4, -0.2) is 23.6 Å². The number of carbonyl (C=O) groups is 2. The summed E-state index contributed by atoms with van der Waals surface area (Å²) in [5.74, 6) is -0.859. The number of rotatable bonds is 5. The van der Waals surface area contributed by atoms with Crippen LogP contribution in [0.25, 0.3) is 0 Å². The summed E-state index contributed by atoms with van der Waals surface area (Å²) in [5.41, 5.74) is -0.509. The van der Waals surface area contributed by atoms with E-state index in [0.29, 0.717) is 0 Å². The van der Waals surface area contributed by atoms with Gasteiger partial charge in [-0.1, -0.05) is 6.07 Å². The van der Waals surface area contributed by atoms with Gasteiger partial charge in [0.15, 0.2) is 5.78 Å². The van der Waals surface area contributed by atoms with Crippen LogP contribution in [0, 0.1) is 10.1 Å². The Morgan fingerprint density at radius 1 is 1.41 bits per heavy atom. The molecule has 0 unspecified atom stereocenters. The fourth-order valence-corrected chi connectivity index (χ4v) is 1.44. The summed E-state index contributed by atoms with van der Waals surface area (Å²) in [5, 5.41) is 10.8. The van der Waals surface area contributed by atoms with E-state index in [9.17, 15) is 19.7 Å². The second kappa shape index (κ2) is 5.20. The molecule has 0 atom stereocenters. The van der Waals surface area contributed by atoms with Gasteiger partial charge >= 0.3 is 0 Å². The van der Waals surface area contributed by atoms with Gasteiger partial charge in [-0.25, -0.2) is 0 Å². The lowest BCUT2D eigenvalue weighted by molar-refractivity contribution is -0.385. The molecule has 1 aromatic rings. The summed E-state index contributed by atoms with van der Waals surface area (Å²) in [6.45, 7) is 1.25. The Kier molecular flexibility index (Phi) is 3.92. The van der Waals surface area contributed by atoms with Crippen molar-refractivity contribution < 1.29 is 19.2 Å². The molecule has 0 aliphatic rings. The van der Waals surface area contributed by atoms with Gasteiger partial charge in [0.2, 0.25) is 0 Å². The van der Waals surface area contributed by atoms with Crippen LogP contribution in [0.2, 0.25) is 0 Å². The molecule has 17 heavy (non-hydrogen) atoms. The number of nitro groups is 1. The molecule has 1 rings (SSSR count). The maximum absolute atomic E-state index is 11.8. The molecule has 0 amide bonds. The highest BCUT2D eigenvalue weighted by Gasteiger charge is 2.25. The lowest BCUT2D eigenvalue weighted by atomic mass is 10.0. The van der Waals surface area contributed by atoms with Gasteiger partial charge in [0.25, 0.3) is 5.69 Å². The zero-order valence-electron chi connectivity index (χ0n) is 9.43. The van der Waals surface area contributed by atoms with Crippen molar-refractivity contribution in [2.75, 3.05) is 7.11 Å². The van der Waals surface area contributed by atoms with E-state index in [1.807, 2.05) is 0 Å². The lowest BCUT2D eigenvalue weighted by Crippen LogP contribution is -2.09. The molecule has 0 bridgehead atoms. The van der Waals surface area contributed by atoms with Crippen LogP contribution in [0.5, 0.6) is 5.75 Å². The van der Waals surface area contributed by atoms with E-state index in [4.69, 9.17) is 4.74 Å². The normalized spacial score (nSPS) is 9.76. The topological polar surface area (TPSA) is 86.5 Å². The lowest BCUT2D eigenvalue weighted by Gasteiger charge is -2.06. The van der Waals surface area contributed by atoms with Crippen LogP contribution < -0.4 is 4.74 Å². The van der Waals surface area contributed by atoms with Crippen molar-refractivity contribution in [3.05, 3.63) is 33.9 Å². The van der Waals surface area contributed by atoms with Crippen LogP contribution in [0.15, 0.2) is 18.2 Å². The smallest absolute Gasteiger partial charge is 0.283 e. The third-order valence-electron chi connectivity index (χ3n) is 2.11. The Bertz CT molecular complexity index is 481. The number of ketones is 2. The van der Waals surface area contributed by atoms with E-state index in [-0.39, 0.29) is 29.2 Å². The van der Waals surface area contributed by atoms with E-state index in [1.165, 1.54) is 32.2 Å². The summed E-state index contributed by atoms with van der Waals surface area (Å²) >= 11 is 0. The van der Waals surface area contributed by atoms with E-state index in [0.717, 1.165) is 0 Å². The van der Waals surface area contributed by atoms with Crippen LogP contribution in [0.3, 0.4) is 0 Å². The number of nitrogens with zero attached hydrogens (tertiary/aromatic N) is 1. The van der Waals surface area contributed by atoms with E-state index in [2.05, 4.69) is 0 Å². The molecule has 6 heteroatoms. The van der Waals surface area contributed by atoms with Crippen LogP contribution >= 0.6 is 0 Å². The molecule has 6 nitrogen and oxygen atoms in total. The van der Waals surface area contributed by atoms with Crippen LogP contribution in [0.1, 0.15) is 23.7 Å². The predicted octanol–water partition coefficient (Wildman–Crippen LogP) is 1.77. The first-order chi connectivity index (χ1) is 7.97. The minimum atomic E-state index is -0.671. The monoisotopic (exact) mass is 237 g/mol. The highest BCUT2D eigenvalue weighted by atomic mass is 16.6. The predicted molar refractivity (Wildman–Crippen MR) is 59.3 cm³/mol. The molecule has 90 valence electrons. The number of ether oxygens (including phenoxy) is 1. The molecule has 0 saturated heterocycles. The summed E-state index contributed by atoms with van der Waals surface area (Å²) < 4.78 is 4.90. The van der Waals surface area contributed by atoms with Crippen LogP contribution in [-0.2, 0) is 4.79 Å². The molecule has 0 heterocycles. The summed E-state index contributed by atoms with van der Waals surface area (Å²) in [4.78, 5) is 32.8. The summed E-state index contributed by atoms with van der Waals surface area (Å²) in [6.07, 6.45) is -0.374. The first-order valence-corrected chi connectivity index (χ1v) is 4.81. The van der Waals surface area contributed by atoms with Gasteiger partial charge in [0.05, 0.1) is 18.5 Å². The Balaban J connectivity index is 3.31. The van der Waals surface area contributed by atoms with Crippen molar-refractivity contribution >= 4 is 17.3 Å². The van der Waals surface area contributed by atoms with Gasteiger partial charge in [-0.15, -0.1) is 0 Å². The van der Waals surface area contributed by atoms with Gasteiger partial charge in [-0.05, 0) is 13.0 Å². The summed E-state index contributed by atoms with van der Waals surface area (Å²) in [7, 11) is 1.31. The number of benzene rings is 1. The second-order valence-corrected chi connectivity index (χ2v) is 3.41. The second-order valence-electron chi connectivity index (χ2n) is 3.41. The van der Waals surface area contributed by atoms with Crippen molar-refractivity contribution in [3.63, 3.8) is 0 Å². The van der Waals surface area contributed by atoms with Crippen molar-refractivity contribution in [1.29, 1.82) is 0 Å². The van der Waals surface area contributed by atoms with Gasteiger partial charge < -0.3 is 4.74 Å². The molecule has 0 aliphatic heterocycles. The fourth-order valence-electron chi connectivity index (χ4n) is 1.44. The standard InChI is InChI=1S/C11H11NO5/c1-7(13)6-9(14)11-8(12(15)16)4-3-5-10(11)17-2/h3-5H,6H2,1-2H3. The Labute approximate surface area is 97.3 Å². The van der Waals surface area contributed by atoms with Gasteiger partial charge in [0.1, 0.15) is 17.1 Å². The minimum Gasteiger partial charge on any atom is -0.496 e. The number of carbonyl (C=O) groups excluding carboxylic acids is 2. The molecule has 0 aromatic heterocycles. The van der Waals surface area contributed by atoms with Crippen molar-refractivity contribution in [1.82, 2.24) is 0 Å². The van der Waals surface area contributed by atoms with Gasteiger partial charge in [-0.3, -0.25) is 19.7 Å². The molecule has 0 radical (unpaired) electrons.